The number of hydrogen-bond donors (Lipinski definition) is 1. The number of rotatable bonds is 8. The smallest absolute Gasteiger partial charge is 0.239 e. The summed E-state index contributed by atoms with van der Waals surface area (Å²) in [5, 5.41) is 13.2. The van der Waals surface area contributed by atoms with Crippen molar-refractivity contribution >= 4 is 22.2 Å². The first-order valence-electron chi connectivity index (χ1n) is 9.85. The summed E-state index contributed by atoms with van der Waals surface area (Å²) in [5.74, 6) is 1.34. The lowest BCUT2D eigenvalue weighted by Gasteiger charge is -2.17. The van der Waals surface area contributed by atoms with Crippen molar-refractivity contribution in [3.63, 3.8) is 0 Å². The molecule has 0 saturated heterocycles. The third-order valence-electron chi connectivity index (χ3n) is 5.03. The maximum absolute atomic E-state index is 12.5. The third-order valence-corrected chi connectivity index (χ3v) is 6.20. The highest BCUT2D eigenvalue weighted by atomic mass is 32.1. The Kier molecular flexibility index (Phi) is 7.08. The van der Waals surface area contributed by atoms with E-state index in [1.165, 1.54) is 4.88 Å². The number of nitrogens with zero attached hydrogens (tertiary/aromatic N) is 2. The van der Waals surface area contributed by atoms with Gasteiger partial charge in [-0.05, 0) is 55.5 Å². The standard InChI is InChI=1S/C23H27N3O2S/c1-4-11-28-18-8-6-17(7-9-18)14-26(3)15-22(27)25-23-20(13-24)19-10-5-16(2)12-21(19)29-23/h4,6-9,16H,1,5,10-12,14-15H2,2-3H3,(H,25,27)/t16-/m1/s1. The minimum atomic E-state index is -0.0958. The van der Waals surface area contributed by atoms with Crippen LogP contribution < -0.4 is 10.1 Å². The van der Waals surface area contributed by atoms with Gasteiger partial charge in [-0.25, -0.2) is 0 Å². The molecule has 1 heterocycles. The van der Waals surface area contributed by atoms with Gasteiger partial charge in [0.1, 0.15) is 23.4 Å². The molecule has 3 rings (SSSR count). The molecule has 1 atom stereocenters. The molecular formula is C23H27N3O2S. The molecule has 0 spiro atoms. The van der Waals surface area contributed by atoms with Crippen LogP contribution in [0.5, 0.6) is 5.75 Å². The summed E-state index contributed by atoms with van der Waals surface area (Å²) in [6.45, 7) is 7.27. The van der Waals surface area contributed by atoms with Crippen LogP contribution in [-0.2, 0) is 24.2 Å². The second-order valence-electron chi connectivity index (χ2n) is 7.63. The van der Waals surface area contributed by atoms with Gasteiger partial charge >= 0.3 is 0 Å². The van der Waals surface area contributed by atoms with E-state index in [2.05, 4.69) is 24.9 Å². The third kappa shape index (κ3) is 5.47. The Bertz CT molecular complexity index is 911. The Morgan fingerprint density at radius 3 is 2.90 bits per heavy atom. The van der Waals surface area contributed by atoms with Crippen molar-refractivity contribution in [1.82, 2.24) is 4.90 Å². The van der Waals surface area contributed by atoms with E-state index >= 15 is 0 Å². The van der Waals surface area contributed by atoms with Crippen molar-refractivity contribution in [3.8, 4) is 11.8 Å². The zero-order valence-electron chi connectivity index (χ0n) is 17.0. The molecule has 1 amide bonds. The molecule has 1 aliphatic carbocycles. The predicted molar refractivity (Wildman–Crippen MR) is 117 cm³/mol. The van der Waals surface area contributed by atoms with Crippen LogP contribution >= 0.6 is 11.3 Å². The second-order valence-corrected chi connectivity index (χ2v) is 8.74. The van der Waals surface area contributed by atoms with Crippen LogP contribution in [-0.4, -0.2) is 31.0 Å². The normalized spacial score (nSPS) is 15.4. The highest BCUT2D eigenvalue weighted by Crippen LogP contribution is 2.39. The molecule has 152 valence electrons. The van der Waals surface area contributed by atoms with E-state index < -0.39 is 0 Å². The largest absolute Gasteiger partial charge is 0.490 e. The van der Waals surface area contributed by atoms with Gasteiger partial charge in [0.15, 0.2) is 0 Å². The summed E-state index contributed by atoms with van der Waals surface area (Å²) in [5.41, 5.74) is 2.89. The Morgan fingerprint density at radius 1 is 1.45 bits per heavy atom. The first-order valence-corrected chi connectivity index (χ1v) is 10.7. The maximum Gasteiger partial charge on any atom is 0.239 e. The Labute approximate surface area is 176 Å². The number of amides is 1. The summed E-state index contributed by atoms with van der Waals surface area (Å²) in [4.78, 5) is 15.8. The first-order chi connectivity index (χ1) is 14.0. The average molecular weight is 410 g/mol. The topological polar surface area (TPSA) is 65.4 Å². The molecule has 29 heavy (non-hydrogen) atoms. The number of benzene rings is 1. The van der Waals surface area contributed by atoms with E-state index in [4.69, 9.17) is 4.74 Å². The number of hydrogen-bond acceptors (Lipinski definition) is 5. The Balaban J connectivity index is 1.57. The van der Waals surface area contributed by atoms with E-state index in [1.807, 2.05) is 36.2 Å². The molecule has 0 bridgehead atoms. The van der Waals surface area contributed by atoms with Crippen LogP contribution in [0.3, 0.4) is 0 Å². The fourth-order valence-electron chi connectivity index (χ4n) is 3.58. The number of nitriles is 1. The molecule has 1 aromatic heterocycles. The molecule has 0 unspecified atom stereocenters. The minimum absolute atomic E-state index is 0.0958. The van der Waals surface area contributed by atoms with Gasteiger partial charge in [-0.1, -0.05) is 31.7 Å². The summed E-state index contributed by atoms with van der Waals surface area (Å²) in [6, 6.07) is 10.1. The molecule has 2 aromatic rings. The van der Waals surface area contributed by atoms with Crippen molar-refractivity contribution in [2.24, 2.45) is 5.92 Å². The van der Waals surface area contributed by atoms with Gasteiger partial charge < -0.3 is 10.1 Å². The zero-order valence-corrected chi connectivity index (χ0v) is 17.8. The van der Waals surface area contributed by atoms with Gasteiger partial charge in [-0.15, -0.1) is 11.3 Å². The van der Waals surface area contributed by atoms with Crippen molar-refractivity contribution in [3.05, 3.63) is 58.5 Å². The van der Waals surface area contributed by atoms with Crippen molar-refractivity contribution in [2.45, 2.75) is 32.7 Å². The molecule has 1 N–H and O–H groups in total. The van der Waals surface area contributed by atoms with Gasteiger partial charge in [0.05, 0.1) is 12.1 Å². The van der Waals surface area contributed by atoms with Crippen LogP contribution in [0.4, 0.5) is 5.00 Å². The fourth-order valence-corrected chi connectivity index (χ4v) is 4.96. The number of ether oxygens (including phenoxy) is 1. The molecular weight excluding hydrogens is 382 g/mol. The van der Waals surface area contributed by atoms with Crippen molar-refractivity contribution in [2.75, 3.05) is 25.5 Å². The second kappa shape index (κ2) is 9.73. The van der Waals surface area contributed by atoms with E-state index in [-0.39, 0.29) is 12.5 Å². The highest BCUT2D eigenvalue weighted by molar-refractivity contribution is 7.16. The van der Waals surface area contributed by atoms with Gasteiger partial charge in [0.2, 0.25) is 5.91 Å². The van der Waals surface area contributed by atoms with Crippen LogP contribution in [0, 0.1) is 17.2 Å². The summed E-state index contributed by atoms with van der Waals surface area (Å²) < 4.78 is 5.49. The van der Waals surface area contributed by atoms with E-state index in [9.17, 15) is 10.1 Å². The molecule has 6 heteroatoms. The summed E-state index contributed by atoms with van der Waals surface area (Å²) in [6.07, 6.45) is 4.74. The number of likely N-dealkylation sites (N-methyl/N-ethyl adjacent to an activating group) is 1. The van der Waals surface area contributed by atoms with Crippen LogP contribution in [0.1, 0.15) is 34.9 Å². The fraction of sp³-hybridized carbons (Fsp3) is 0.391. The highest BCUT2D eigenvalue weighted by Gasteiger charge is 2.24. The zero-order chi connectivity index (χ0) is 20.8. The average Bonchev–Trinajstić information content (AvgIpc) is 3.02. The lowest BCUT2D eigenvalue weighted by molar-refractivity contribution is -0.117. The molecule has 5 nitrogen and oxygen atoms in total. The quantitative estimate of drug-likeness (QED) is 0.657. The molecule has 0 aliphatic heterocycles. The number of fused-ring (bicyclic) bond motifs is 1. The first kappa shape index (κ1) is 21.1. The van der Waals surface area contributed by atoms with Crippen LogP contribution in [0.25, 0.3) is 0 Å². The monoisotopic (exact) mass is 409 g/mol. The van der Waals surface area contributed by atoms with E-state index in [1.54, 1.807) is 17.4 Å². The predicted octanol–water partition coefficient (Wildman–Crippen LogP) is 4.38. The summed E-state index contributed by atoms with van der Waals surface area (Å²) >= 11 is 1.56. The van der Waals surface area contributed by atoms with Crippen LogP contribution in [0.15, 0.2) is 36.9 Å². The minimum Gasteiger partial charge on any atom is -0.490 e. The summed E-state index contributed by atoms with van der Waals surface area (Å²) in [7, 11) is 1.91. The molecule has 1 aromatic carbocycles. The van der Waals surface area contributed by atoms with E-state index in [0.717, 1.165) is 36.1 Å². The molecule has 0 saturated carbocycles. The van der Waals surface area contributed by atoms with Crippen molar-refractivity contribution < 1.29 is 9.53 Å². The Hall–Kier alpha value is -2.62. The Morgan fingerprint density at radius 2 is 2.21 bits per heavy atom. The number of nitrogens with one attached hydrogen (secondary N) is 1. The van der Waals surface area contributed by atoms with Crippen molar-refractivity contribution in [1.29, 1.82) is 5.26 Å². The molecule has 0 fully saturated rings. The maximum atomic E-state index is 12.5. The van der Waals surface area contributed by atoms with Gasteiger partial charge in [-0.2, -0.15) is 5.26 Å². The molecule has 0 radical (unpaired) electrons. The number of carbonyl (C=O) groups is 1. The van der Waals surface area contributed by atoms with Gasteiger partial charge in [0, 0.05) is 11.4 Å². The van der Waals surface area contributed by atoms with Gasteiger partial charge in [-0.3, -0.25) is 9.69 Å². The van der Waals surface area contributed by atoms with Gasteiger partial charge in [0.25, 0.3) is 0 Å². The lowest BCUT2D eigenvalue weighted by atomic mass is 9.89. The number of carbonyl (C=O) groups excluding carboxylic acids is 1. The number of thiophene rings is 1. The van der Waals surface area contributed by atoms with E-state index in [0.29, 0.717) is 29.6 Å². The van der Waals surface area contributed by atoms with Crippen LogP contribution in [0.2, 0.25) is 0 Å². The number of anilines is 1. The SMILES string of the molecule is C=CCOc1ccc(CN(C)CC(=O)Nc2sc3c(c2C#N)CC[C@@H](C)C3)cc1. The lowest BCUT2D eigenvalue weighted by Crippen LogP contribution is -2.29. The molecule has 1 aliphatic rings.